The molecule has 1 N–H and O–H groups in total. The molecule has 0 saturated carbocycles. The van der Waals surface area contributed by atoms with Gasteiger partial charge in [0.25, 0.3) is 5.91 Å². The zero-order valence-corrected chi connectivity index (χ0v) is 12.7. The number of esters is 1. The molecule has 1 aliphatic rings. The van der Waals surface area contributed by atoms with Crippen LogP contribution in [0, 0.1) is 0 Å². The molecule has 1 heterocycles. The summed E-state index contributed by atoms with van der Waals surface area (Å²) in [4.78, 5) is 24.5. The lowest BCUT2D eigenvalue weighted by molar-refractivity contribution is -0.146. The van der Waals surface area contributed by atoms with E-state index in [1.165, 1.54) is 7.11 Å². The van der Waals surface area contributed by atoms with Gasteiger partial charge >= 0.3 is 5.97 Å². The molecule has 2 aromatic carbocycles. The second kappa shape index (κ2) is 6.52. The van der Waals surface area contributed by atoms with Crippen molar-refractivity contribution in [3.05, 3.63) is 65.7 Å². The number of fused-ring (bicyclic) bond motifs is 1. The molecule has 5 heteroatoms. The van der Waals surface area contributed by atoms with Crippen molar-refractivity contribution < 1.29 is 19.1 Å². The molecule has 5 nitrogen and oxygen atoms in total. The van der Waals surface area contributed by atoms with Gasteiger partial charge in [-0.2, -0.15) is 0 Å². The molecule has 0 aliphatic carbocycles. The van der Waals surface area contributed by atoms with E-state index >= 15 is 0 Å². The maximum absolute atomic E-state index is 12.5. The van der Waals surface area contributed by atoms with Crippen LogP contribution in [0.3, 0.4) is 0 Å². The molecule has 0 bridgehead atoms. The second-order valence-corrected chi connectivity index (χ2v) is 5.29. The highest BCUT2D eigenvalue weighted by atomic mass is 16.5. The lowest BCUT2D eigenvalue weighted by atomic mass is 10.1. The maximum atomic E-state index is 12.5. The van der Waals surface area contributed by atoms with E-state index in [0.717, 1.165) is 5.56 Å². The highest BCUT2D eigenvalue weighted by Gasteiger charge is 2.32. The molecule has 0 aromatic heterocycles. The molecular weight excluding hydrogens is 294 g/mol. The summed E-state index contributed by atoms with van der Waals surface area (Å²) in [5.74, 6) is -0.137. The summed E-state index contributed by atoms with van der Waals surface area (Å²) in [6.45, 7) is 0. The van der Waals surface area contributed by atoms with Crippen molar-refractivity contribution in [2.75, 3.05) is 7.11 Å². The quantitative estimate of drug-likeness (QED) is 0.877. The predicted molar refractivity (Wildman–Crippen MR) is 83.9 cm³/mol. The van der Waals surface area contributed by atoms with Gasteiger partial charge in [-0.05, 0) is 17.2 Å². The number of ether oxygens (including phenoxy) is 2. The Balaban J connectivity index is 1.74. The van der Waals surface area contributed by atoms with Crippen molar-refractivity contribution >= 4 is 11.9 Å². The third-order valence-electron chi connectivity index (χ3n) is 3.80. The molecule has 3 rings (SSSR count). The van der Waals surface area contributed by atoms with Crippen LogP contribution in [0.2, 0.25) is 0 Å². The Morgan fingerprint density at radius 1 is 1.13 bits per heavy atom. The molecule has 1 amide bonds. The van der Waals surface area contributed by atoms with E-state index in [-0.39, 0.29) is 5.91 Å². The molecule has 23 heavy (non-hydrogen) atoms. The average molecular weight is 311 g/mol. The number of rotatable bonds is 4. The van der Waals surface area contributed by atoms with Crippen LogP contribution in [-0.2, 0) is 20.7 Å². The minimum atomic E-state index is -0.846. The molecule has 118 valence electrons. The minimum absolute atomic E-state index is 0.333. The second-order valence-electron chi connectivity index (χ2n) is 5.29. The smallest absolute Gasteiger partial charge is 0.333 e. The summed E-state index contributed by atoms with van der Waals surface area (Å²) in [6.07, 6.45) is -0.145. The van der Waals surface area contributed by atoms with Crippen LogP contribution in [0.1, 0.15) is 17.2 Å². The van der Waals surface area contributed by atoms with Gasteiger partial charge in [-0.1, -0.05) is 48.5 Å². The Kier molecular flexibility index (Phi) is 4.28. The Morgan fingerprint density at radius 3 is 2.52 bits per heavy atom. The largest absolute Gasteiger partial charge is 0.480 e. The number of para-hydroxylation sites is 1. The normalized spacial score (nSPS) is 16.8. The van der Waals surface area contributed by atoms with E-state index in [9.17, 15) is 9.59 Å². The number of hydrogen-bond acceptors (Lipinski definition) is 4. The first-order chi connectivity index (χ1) is 11.2. The van der Waals surface area contributed by atoms with Gasteiger partial charge in [-0.3, -0.25) is 4.79 Å². The highest BCUT2D eigenvalue weighted by Crippen LogP contribution is 2.28. The first-order valence-electron chi connectivity index (χ1n) is 7.36. The SMILES string of the molecule is COC(=O)[C@@H](NC(=O)[C@@H]1Cc2ccccc2O1)c1ccccc1. The lowest BCUT2D eigenvalue weighted by Crippen LogP contribution is -2.42. The van der Waals surface area contributed by atoms with E-state index in [4.69, 9.17) is 9.47 Å². The number of benzene rings is 2. The molecule has 1 aliphatic heterocycles. The van der Waals surface area contributed by atoms with Gasteiger partial charge in [-0.15, -0.1) is 0 Å². The highest BCUT2D eigenvalue weighted by molar-refractivity contribution is 5.88. The average Bonchev–Trinajstić information content (AvgIpc) is 3.04. The van der Waals surface area contributed by atoms with Crippen LogP contribution in [-0.4, -0.2) is 25.1 Å². The van der Waals surface area contributed by atoms with Gasteiger partial charge in [0.15, 0.2) is 12.1 Å². The van der Waals surface area contributed by atoms with Crippen molar-refractivity contribution in [3.8, 4) is 5.75 Å². The van der Waals surface area contributed by atoms with Gasteiger partial charge in [0.2, 0.25) is 0 Å². The van der Waals surface area contributed by atoms with Crippen molar-refractivity contribution in [1.82, 2.24) is 5.32 Å². The van der Waals surface area contributed by atoms with Crippen LogP contribution in [0.25, 0.3) is 0 Å². The molecular formula is C18H17NO4. The Bertz CT molecular complexity index is 689. The third kappa shape index (κ3) is 3.18. The predicted octanol–water partition coefficient (Wildman–Crippen LogP) is 2.02. The summed E-state index contributed by atoms with van der Waals surface area (Å²) in [7, 11) is 1.30. The topological polar surface area (TPSA) is 64.6 Å². The van der Waals surface area contributed by atoms with E-state index in [1.807, 2.05) is 30.3 Å². The fourth-order valence-corrected chi connectivity index (χ4v) is 2.61. The van der Waals surface area contributed by atoms with Gasteiger partial charge in [0, 0.05) is 6.42 Å². The van der Waals surface area contributed by atoms with Gasteiger partial charge in [-0.25, -0.2) is 4.79 Å². The fraction of sp³-hybridized carbons (Fsp3) is 0.222. The lowest BCUT2D eigenvalue weighted by Gasteiger charge is -2.19. The Labute approximate surface area is 134 Å². The number of carbonyl (C=O) groups is 2. The molecule has 2 aromatic rings. The van der Waals surface area contributed by atoms with Crippen LogP contribution >= 0.6 is 0 Å². The Morgan fingerprint density at radius 2 is 1.83 bits per heavy atom. The number of carbonyl (C=O) groups excluding carboxylic acids is 2. The van der Waals surface area contributed by atoms with Crippen LogP contribution in [0.5, 0.6) is 5.75 Å². The molecule has 0 fully saturated rings. The molecule has 0 saturated heterocycles. The van der Waals surface area contributed by atoms with Crippen molar-refractivity contribution in [3.63, 3.8) is 0 Å². The third-order valence-corrected chi connectivity index (χ3v) is 3.80. The molecule has 0 spiro atoms. The Hall–Kier alpha value is -2.82. The zero-order valence-electron chi connectivity index (χ0n) is 12.7. The van der Waals surface area contributed by atoms with Crippen LogP contribution in [0.4, 0.5) is 0 Å². The monoisotopic (exact) mass is 311 g/mol. The molecule has 0 radical (unpaired) electrons. The van der Waals surface area contributed by atoms with E-state index in [2.05, 4.69) is 5.32 Å². The number of methoxy groups -OCH3 is 1. The maximum Gasteiger partial charge on any atom is 0.333 e. The summed E-state index contributed by atoms with van der Waals surface area (Å²) < 4.78 is 10.5. The molecule has 2 atom stereocenters. The number of amides is 1. The summed E-state index contributed by atoms with van der Waals surface area (Å²) in [6, 6.07) is 15.7. The fourth-order valence-electron chi connectivity index (χ4n) is 2.61. The van der Waals surface area contributed by atoms with Crippen molar-refractivity contribution in [1.29, 1.82) is 0 Å². The van der Waals surface area contributed by atoms with Gasteiger partial charge < -0.3 is 14.8 Å². The number of hydrogen-bond donors (Lipinski definition) is 1. The van der Waals surface area contributed by atoms with Crippen molar-refractivity contribution in [2.45, 2.75) is 18.6 Å². The summed E-state index contributed by atoms with van der Waals surface area (Å²) in [5, 5.41) is 2.72. The number of nitrogens with one attached hydrogen (secondary N) is 1. The van der Waals surface area contributed by atoms with E-state index in [1.54, 1.807) is 24.3 Å². The first-order valence-corrected chi connectivity index (χ1v) is 7.36. The summed E-state index contributed by atoms with van der Waals surface area (Å²) >= 11 is 0. The van der Waals surface area contributed by atoms with E-state index < -0.39 is 18.1 Å². The zero-order chi connectivity index (χ0) is 16.2. The van der Waals surface area contributed by atoms with Crippen molar-refractivity contribution in [2.24, 2.45) is 0 Å². The van der Waals surface area contributed by atoms with Crippen LogP contribution in [0.15, 0.2) is 54.6 Å². The van der Waals surface area contributed by atoms with Gasteiger partial charge in [0.1, 0.15) is 5.75 Å². The first kappa shape index (κ1) is 15.1. The standard InChI is InChI=1S/C18H17NO4/c1-22-18(21)16(12-7-3-2-4-8-12)19-17(20)15-11-13-9-5-6-10-14(13)23-15/h2-10,15-16H,11H2,1H3,(H,19,20)/t15-,16-/m0/s1. The van der Waals surface area contributed by atoms with Crippen LogP contribution < -0.4 is 10.1 Å². The summed E-state index contributed by atoms with van der Waals surface area (Å²) in [5.41, 5.74) is 1.66. The van der Waals surface area contributed by atoms with E-state index in [0.29, 0.717) is 17.7 Å². The minimum Gasteiger partial charge on any atom is -0.480 e. The molecule has 0 unspecified atom stereocenters. The van der Waals surface area contributed by atoms with Gasteiger partial charge in [0.05, 0.1) is 7.11 Å².